The van der Waals surface area contributed by atoms with E-state index >= 15 is 0 Å². The molecule has 10 nitrogen and oxygen atoms in total. The van der Waals surface area contributed by atoms with Crippen LogP contribution in [0.3, 0.4) is 0 Å². The zero-order chi connectivity index (χ0) is 25.0. The summed E-state index contributed by atoms with van der Waals surface area (Å²) in [6, 6.07) is 7.81. The summed E-state index contributed by atoms with van der Waals surface area (Å²) < 4.78 is 33.3. The van der Waals surface area contributed by atoms with Gasteiger partial charge >= 0.3 is 0 Å². The Balaban J connectivity index is 1.78. The molecule has 0 radical (unpaired) electrons. The van der Waals surface area contributed by atoms with E-state index in [2.05, 4.69) is 27.1 Å². The first-order valence-corrected chi connectivity index (χ1v) is 13.8. The molecule has 0 amide bonds. The van der Waals surface area contributed by atoms with E-state index in [-0.39, 0.29) is 11.8 Å². The SMILES string of the molecule is CCC1COCCN1c1cc(CS(=O)(=O)N(CC)CC)nc(-c2ccc3[nH]c(CNC)cc3n2)n1. The molecule has 11 heteroatoms. The van der Waals surface area contributed by atoms with Crippen molar-refractivity contribution in [2.75, 3.05) is 44.8 Å². The van der Waals surface area contributed by atoms with Crippen molar-refractivity contribution in [2.45, 2.75) is 45.5 Å². The van der Waals surface area contributed by atoms with Gasteiger partial charge in [0.2, 0.25) is 10.0 Å². The molecule has 3 aromatic heterocycles. The Bertz CT molecular complexity index is 1260. The number of aromatic nitrogens is 4. The number of fused-ring (bicyclic) bond motifs is 1. The average Bonchev–Trinajstić information content (AvgIpc) is 3.26. The van der Waals surface area contributed by atoms with Crippen LogP contribution in [0.1, 0.15) is 38.6 Å². The zero-order valence-corrected chi connectivity index (χ0v) is 21.7. The van der Waals surface area contributed by atoms with Crippen LogP contribution in [0.15, 0.2) is 24.3 Å². The molecule has 3 aromatic rings. The lowest BCUT2D eigenvalue weighted by atomic mass is 10.1. The molecule has 4 rings (SSSR count). The number of sulfonamides is 1. The predicted octanol–water partition coefficient (Wildman–Crippen LogP) is 2.53. The Labute approximate surface area is 207 Å². The molecule has 0 bridgehead atoms. The van der Waals surface area contributed by atoms with Gasteiger partial charge in [-0.1, -0.05) is 20.8 Å². The molecule has 1 fully saturated rings. The second-order valence-electron chi connectivity index (χ2n) is 8.67. The Morgan fingerprint density at radius 1 is 1.17 bits per heavy atom. The topological polar surface area (TPSA) is 116 Å². The highest BCUT2D eigenvalue weighted by Crippen LogP contribution is 2.26. The fraction of sp³-hybridized carbons (Fsp3) is 0.542. The first-order chi connectivity index (χ1) is 16.9. The second kappa shape index (κ2) is 11.0. The second-order valence-corrected chi connectivity index (χ2v) is 10.6. The van der Waals surface area contributed by atoms with Gasteiger partial charge in [0.05, 0.1) is 36.0 Å². The van der Waals surface area contributed by atoms with Crippen molar-refractivity contribution >= 4 is 26.9 Å². The van der Waals surface area contributed by atoms with Crippen molar-refractivity contribution in [2.24, 2.45) is 0 Å². The maximum atomic E-state index is 13.1. The van der Waals surface area contributed by atoms with Gasteiger partial charge in [-0.05, 0) is 31.7 Å². The first kappa shape index (κ1) is 25.5. The number of anilines is 1. The molecule has 190 valence electrons. The molecular formula is C24H35N7O3S. The molecule has 0 spiro atoms. The van der Waals surface area contributed by atoms with Crippen molar-refractivity contribution in [3.63, 3.8) is 0 Å². The highest BCUT2D eigenvalue weighted by Gasteiger charge is 2.26. The molecular weight excluding hydrogens is 466 g/mol. The summed E-state index contributed by atoms with van der Waals surface area (Å²) >= 11 is 0. The Kier molecular flexibility index (Phi) is 8.00. The van der Waals surface area contributed by atoms with Crippen molar-refractivity contribution in [1.82, 2.24) is 29.6 Å². The Morgan fingerprint density at radius 2 is 1.97 bits per heavy atom. The summed E-state index contributed by atoms with van der Waals surface area (Å²) in [5.74, 6) is 0.949. The number of hydrogen-bond donors (Lipinski definition) is 2. The summed E-state index contributed by atoms with van der Waals surface area (Å²) in [6.45, 7) is 9.26. The third-order valence-corrected chi connectivity index (χ3v) is 8.28. The van der Waals surface area contributed by atoms with Crippen LogP contribution >= 0.6 is 0 Å². The van der Waals surface area contributed by atoms with E-state index in [1.54, 1.807) is 6.07 Å². The Morgan fingerprint density at radius 3 is 2.69 bits per heavy atom. The maximum absolute atomic E-state index is 13.1. The average molecular weight is 502 g/mol. The molecule has 0 aromatic carbocycles. The van der Waals surface area contributed by atoms with Crippen LogP contribution in [0.5, 0.6) is 0 Å². The van der Waals surface area contributed by atoms with E-state index < -0.39 is 10.0 Å². The highest BCUT2D eigenvalue weighted by atomic mass is 32.2. The van der Waals surface area contributed by atoms with E-state index in [9.17, 15) is 8.42 Å². The van der Waals surface area contributed by atoms with Crippen molar-refractivity contribution < 1.29 is 13.2 Å². The Hall–Kier alpha value is -2.60. The van der Waals surface area contributed by atoms with E-state index in [0.29, 0.717) is 62.4 Å². The normalized spacial score (nSPS) is 16.9. The van der Waals surface area contributed by atoms with Crippen molar-refractivity contribution in [3.05, 3.63) is 35.7 Å². The van der Waals surface area contributed by atoms with E-state index in [1.807, 2.05) is 39.1 Å². The number of rotatable bonds is 10. The third-order valence-electron chi connectivity index (χ3n) is 6.32. The van der Waals surface area contributed by atoms with Gasteiger partial charge in [-0.15, -0.1) is 0 Å². The lowest BCUT2D eigenvalue weighted by Gasteiger charge is -2.36. The van der Waals surface area contributed by atoms with E-state index in [0.717, 1.165) is 23.1 Å². The smallest absolute Gasteiger partial charge is 0.219 e. The molecule has 0 aliphatic carbocycles. The molecule has 1 saturated heterocycles. The van der Waals surface area contributed by atoms with Crippen LogP contribution in [0, 0.1) is 0 Å². The molecule has 1 atom stereocenters. The summed E-state index contributed by atoms with van der Waals surface area (Å²) in [5, 5.41) is 3.13. The number of H-pyrrole nitrogens is 1. The number of morpholine rings is 1. The van der Waals surface area contributed by atoms with Gasteiger partial charge in [0.15, 0.2) is 5.82 Å². The van der Waals surface area contributed by atoms with Crippen LogP contribution in [-0.2, 0) is 27.1 Å². The van der Waals surface area contributed by atoms with Crippen LogP contribution < -0.4 is 10.2 Å². The fourth-order valence-electron chi connectivity index (χ4n) is 4.48. The van der Waals surface area contributed by atoms with Gasteiger partial charge in [-0.3, -0.25) is 0 Å². The molecule has 0 saturated carbocycles. The standard InChI is InChI=1S/C24H35N7O3S/c1-5-19-15-34-11-10-31(19)23-13-18(16-35(32,33)30(6-2)7-3)27-24(29-23)21-9-8-20-22(28-21)12-17(26-20)14-25-4/h8-9,12-13,19,25-26H,5-7,10-11,14-16H2,1-4H3. The number of ether oxygens (including phenoxy) is 1. The molecule has 1 aliphatic rings. The molecule has 35 heavy (non-hydrogen) atoms. The first-order valence-electron chi connectivity index (χ1n) is 12.2. The number of pyridine rings is 1. The number of nitrogens with zero attached hydrogens (tertiary/aromatic N) is 5. The van der Waals surface area contributed by atoms with Gasteiger partial charge in [0.1, 0.15) is 17.3 Å². The molecule has 2 N–H and O–H groups in total. The van der Waals surface area contributed by atoms with Gasteiger partial charge in [0, 0.05) is 37.9 Å². The summed E-state index contributed by atoms with van der Waals surface area (Å²) in [4.78, 5) is 19.9. The predicted molar refractivity (Wildman–Crippen MR) is 138 cm³/mol. The molecule has 1 unspecified atom stereocenters. The number of nitrogens with one attached hydrogen (secondary N) is 2. The quantitative estimate of drug-likeness (QED) is 0.435. The summed E-state index contributed by atoms with van der Waals surface area (Å²) in [7, 11) is -1.62. The van der Waals surface area contributed by atoms with Gasteiger partial charge < -0.3 is 19.9 Å². The summed E-state index contributed by atoms with van der Waals surface area (Å²) in [6.07, 6.45) is 0.897. The van der Waals surface area contributed by atoms with Crippen LogP contribution in [0.4, 0.5) is 5.82 Å². The minimum atomic E-state index is -3.51. The van der Waals surface area contributed by atoms with Crippen molar-refractivity contribution in [1.29, 1.82) is 0 Å². The molecule has 4 heterocycles. The maximum Gasteiger partial charge on any atom is 0.219 e. The van der Waals surface area contributed by atoms with E-state index in [4.69, 9.17) is 14.7 Å². The van der Waals surface area contributed by atoms with Gasteiger partial charge in [0.25, 0.3) is 0 Å². The molecule has 1 aliphatic heterocycles. The summed E-state index contributed by atoms with van der Waals surface area (Å²) in [5.41, 5.74) is 3.85. The number of hydrogen-bond acceptors (Lipinski definition) is 8. The van der Waals surface area contributed by atoms with Gasteiger partial charge in [-0.25, -0.2) is 27.7 Å². The zero-order valence-electron chi connectivity index (χ0n) is 20.9. The monoisotopic (exact) mass is 501 g/mol. The lowest BCUT2D eigenvalue weighted by Crippen LogP contribution is -2.45. The minimum Gasteiger partial charge on any atom is -0.377 e. The van der Waals surface area contributed by atoms with E-state index in [1.165, 1.54) is 4.31 Å². The lowest BCUT2D eigenvalue weighted by molar-refractivity contribution is 0.0925. The third kappa shape index (κ3) is 5.64. The fourth-order valence-corrected chi connectivity index (χ4v) is 5.97. The largest absolute Gasteiger partial charge is 0.377 e. The highest BCUT2D eigenvalue weighted by molar-refractivity contribution is 7.88. The minimum absolute atomic E-state index is 0.169. The van der Waals surface area contributed by atoms with Crippen LogP contribution in [-0.4, -0.2) is 78.6 Å². The van der Waals surface area contributed by atoms with Gasteiger partial charge in [-0.2, -0.15) is 0 Å². The van der Waals surface area contributed by atoms with Crippen LogP contribution in [0.25, 0.3) is 22.6 Å². The van der Waals surface area contributed by atoms with Crippen molar-refractivity contribution in [3.8, 4) is 11.5 Å². The van der Waals surface area contributed by atoms with Crippen LogP contribution in [0.2, 0.25) is 0 Å². The number of aromatic amines is 1.